The lowest BCUT2D eigenvalue weighted by Crippen LogP contribution is -2.50. The van der Waals surface area contributed by atoms with Gasteiger partial charge >= 0.3 is 0 Å². The van der Waals surface area contributed by atoms with Gasteiger partial charge in [-0.15, -0.1) is 5.92 Å². The molecule has 2 unspecified atom stereocenters. The second-order valence-corrected chi connectivity index (χ2v) is 6.22. The molecule has 0 radical (unpaired) electrons. The van der Waals surface area contributed by atoms with Crippen molar-refractivity contribution in [3.8, 4) is 11.8 Å². The Morgan fingerprint density at radius 2 is 2.06 bits per heavy atom. The van der Waals surface area contributed by atoms with E-state index in [0.717, 1.165) is 19.4 Å². The van der Waals surface area contributed by atoms with Crippen LogP contribution in [0.15, 0.2) is 0 Å². The molecule has 0 saturated carbocycles. The molecule has 0 aromatic heterocycles. The maximum Gasteiger partial charge on any atom is 0.0816 e. The first kappa shape index (κ1) is 14.5. The van der Waals surface area contributed by atoms with Crippen LogP contribution in [0.2, 0.25) is 0 Å². The van der Waals surface area contributed by atoms with E-state index < -0.39 is 0 Å². The van der Waals surface area contributed by atoms with Crippen molar-refractivity contribution < 1.29 is 4.74 Å². The quantitative estimate of drug-likeness (QED) is 0.762. The van der Waals surface area contributed by atoms with Crippen molar-refractivity contribution in [1.29, 1.82) is 0 Å². The lowest BCUT2D eigenvalue weighted by molar-refractivity contribution is -0.0861. The van der Waals surface area contributed by atoms with Gasteiger partial charge in [-0.1, -0.05) is 5.92 Å². The maximum absolute atomic E-state index is 5.97. The lowest BCUT2D eigenvalue weighted by atomic mass is 9.86. The number of hydrogen-bond donors (Lipinski definition) is 1. The summed E-state index contributed by atoms with van der Waals surface area (Å²) < 4.78 is 5.97. The van der Waals surface area contributed by atoms with Crippen LogP contribution in [-0.4, -0.2) is 25.3 Å². The van der Waals surface area contributed by atoms with Gasteiger partial charge in [-0.2, -0.15) is 0 Å². The molecule has 0 aromatic carbocycles. The molecule has 1 aliphatic rings. The molecule has 0 bridgehead atoms. The van der Waals surface area contributed by atoms with Gasteiger partial charge in [-0.05, 0) is 54.0 Å². The third-order valence-electron chi connectivity index (χ3n) is 3.35. The van der Waals surface area contributed by atoms with Gasteiger partial charge in [0, 0.05) is 24.5 Å². The predicted molar refractivity (Wildman–Crippen MR) is 72.9 cm³/mol. The van der Waals surface area contributed by atoms with E-state index in [4.69, 9.17) is 4.74 Å². The number of likely N-dealkylation sites (N-methyl/N-ethyl adjacent to an activating group) is 1. The van der Waals surface area contributed by atoms with Gasteiger partial charge in [0.25, 0.3) is 0 Å². The number of ether oxygens (including phenoxy) is 1. The molecular weight excluding hydrogens is 210 g/mol. The Labute approximate surface area is 107 Å². The molecule has 1 saturated heterocycles. The maximum atomic E-state index is 5.97. The Balaban J connectivity index is 2.60. The second kappa shape index (κ2) is 5.89. The first-order valence-corrected chi connectivity index (χ1v) is 6.69. The van der Waals surface area contributed by atoms with Crippen LogP contribution in [0, 0.1) is 17.3 Å². The Bertz CT molecular complexity index is 286. The molecule has 1 heterocycles. The molecule has 2 nitrogen and oxygen atoms in total. The lowest BCUT2D eigenvalue weighted by Gasteiger charge is -2.39. The van der Waals surface area contributed by atoms with Gasteiger partial charge in [0.2, 0.25) is 0 Å². The summed E-state index contributed by atoms with van der Waals surface area (Å²) in [5.41, 5.74) is 0.0478. The van der Waals surface area contributed by atoms with Gasteiger partial charge in [-0.25, -0.2) is 0 Å². The molecule has 0 aliphatic carbocycles. The SMILES string of the molecule is CNC(CC#CC(C)(C)C)C1(C)CCCCO1. The molecule has 1 aliphatic heterocycles. The average molecular weight is 237 g/mol. The summed E-state index contributed by atoms with van der Waals surface area (Å²) in [5.74, 6) is 6.60. The van der Waals surface area contributed by atoms with Crippen molar-refractivity contribution in [3.63, 3.8) is 0 Å². The molecule has 0 aromatic rings. The van der Waals surface area contributed by atoms with Crippen molar-refractivity contribution in [3.05, 3.63) is 0 Å². The van der Waals surface area contributed by atoms with Crippen molar-refractivity contribution >= 4 is 0 Å². The van der Waals surface area contributed by atoms with Gasteiger partial charge in [0.05, 0.1) is 5.60 Å². The first-order valence-electron chi connectivity index (χ1n) is 6.69. The fraction of sp³-hybridized carbons (Fsp3) is 0.867. The molecule has 0 amide bonds. The zero-order valence-corrected chi connectivity index (χ0v) is 12.0. The Morgan fingerprint density at radius 3 is 2.53 bits per heavy atom. The minimum atomic E-state index is -0.0421. The largest absolute Gasteiger partial charge is 0.374 e. The molecule has 0 spiro atoms. The van der Waals surface area contributed by atoms with Crippen LogP contribution in [0.1, 0.15) is 53.4 Å². The smallest absolute Gasteiger partial charge is 0.0816 e. The van der Waals surface area contributed by atoms with Crippen molar-refractivity contribution in [2.45, 2.75) is 65.0 Å². The standard InChI is InChI=1S/C15H27NO/c1-14(2,3)10-8-9-13(16-5)15(4)11-6-7-12-17-15/h13,16H,6-7,9,11-12H2,1-5H3. The Morgan fingerprint density at radius 1 is 1.35 bits per heavy atom. The minimum Gasteiger partial charge on any atom is -0.374 e. The number of rotatable bonds is 3. The van der Waals surface area contributed by atoms with E-state index in [9.17, 15) is 0 Å². The molecule has 98 valence electrons. The monoisotopic (exact) mass is 237 g/mol. The van der Waals surface area contributed by atoms with E-state index in [0.29, 0.717) is 6.04 Å². The highest BCUT2D eigenvalue weighted by Gasteiger charge is 2.35. The molecule has 1 fully saturated rings. The summed E-state index contributed by atoms with van der Waals surface area (Å²) in [4.78, 5) is 0. The molecule has 2 heteroatoms. The fourth-order valence-electron chi connectivity index (χ4n) is 2.27. The second-order valence-electron chi connectivity index (χ2n) is 6.22. The third-order valence-corrected chi connectivity index (χ3v) is 3.35. The van der Waals surface area contributed by atoms with Gasteiger partial charge in [0.1, 0.15) is 0 Å². The van der Waals surface area contributed by atoms with E-state index in [1.807, 2.05) is 7.05 Å². The van der Waals surface area contributed by atoms with Crippen LogP contribution in [0.25, 0.3) is 0 Å². The van der Waals surface area contributed by atoms with Gasteiger partial charge in [0.15, 0.2) is 0 Å². The highest BCUT2D eigenvalue weighted by molar-refractivity contribution is 5.10. The first-order chi connectivity index (χ1) is 7.87. The van der Waals surface area contributed by atoms with E-state index in [-0.39, 0.29) is 11.0 Å². The summed E-state index contributed by atoms with van der Waals surface area (Å²) in [6, 6.07) is 0.331. The Kier molecular flexibility index (Phi) is 5.04. The summed E-state index contributed by atoms with van der Waals surface area (Å²) in [6.07, 6.45) is 4.46. The predicted octanol–water partition coefficient (Wildman–Crippen LogP) is 2.97. The van der Waals surface area contributed by atoms with Crippen LogP contribution in [-0.2, 0) is 4.74 Å². The molecule has 2 atom stereocenters. The summed E-state index contributed by atoms with van der Waals surface area (Å²) in [6.45, 7) is 9.54. The van der Waals surface area contributed by atoms with E-state index in [2.05, 4.69) is 44.9 Å². The third kappa shape index (κ3) is 4.69. The van der Waals surface area contributed by atoms with Crippen LogP contribution >= 0.6 is 0 Å². The van der Waals surface area contributed by atoms with Crippen molar-refractivity contribution in [2.75, 3.05) is 13.7 Å². The average Bonchev–Trinajstić information content (AvgIpc) is 2.23. The fourth-order valence-corrected chi connectivity index (χ4v) is 2.27. The minimum absolute atomic E-state index is 0.0421. The number of nitrogens with one attached hydrogen (secondary N) is 1. The zero-order valence-electron chi connectivity index (χ0n) is 12.0. The van der Waals surface area contributed by atoms with Gasteiger partial charge < -0.3 is 10.1 Å². The molecule has 1 rings (SSSR count). The van der Waals surface area contributed by atoms with Gasteiger partial charge in [-0.3, -0.25) is 0 Å². The van der Waals surface area contributed by atoms with Crippen LogP contribution < -0.4 is 5.32 Å². The summed E-state index contributed by atoms with van der Waals surface area (Å²) >= 11 is 0. The zero-order chi connectivity index (χ0) is 12.9. The van der Waals surface area contributed by atoms with Crippen molar-refractivity contribution in [1.82, 2.24) is 5.32 Å². The van der Waals surface area contributed by atoms with E-state index in [1.54, 1.807) is 0 Å². The van der Waals surface area contributed by atoms with Crippen LogP contribution in [0.3, 0.4) is 0 Å². The highest BCUT2D eigenvalue weighted by atomic mass is 16.5. The van der Waals surface area contributed by atoms with Crippen LogP contribution in [0.4, 0.5) is 0 Å². The highest BCUT2D eigenvalue weighted by Crippen LogP contribution is 2.29. The molecular formula is C15H27NO. The van der Waals surface area contributed by atoms with Crippen molar-refractivity contribution in [2.24, 2.45) is 5.41 Å². The van der Waals surface area contributed by atoms with E-state index >= 15 is 0 Å². The Hall–Kier alpha value is -0.520. The topological polar surface area (TPSA) is 21.3 Å². The van der Waals surface area contributed by atoms with E-state index in [1.165, 1.54) is 12.8 Å². The number of hydrogen-bond acceptors (Lipinski definition) is 2. The normalized spacial score (nSPS) is 27.1. The summed E-state index contributed by atoms with van der Waals surface area (Å²) in [7, 11) is 2.01. The summed E-state index contributed by atoms with van der Waals surface area (Å²) in [5, 5.41) is 3.37. The molecule has 1 N–H and O–H groups in total. The molecule has 17 heavy (non-hydrogen) atoms. The van der Waals surface area contributed by atoms with Crippen LogP contribution in [0.5, 0.6) is 0 Å².